The number of ether oxygens (including phenoxy) is 1. The molecular weight excluding hydrogens is 456 g/mol. The first kappa shape index (κ1) is 25.9. The van der Waals surface area contributed by atoms with Gasteiger partial charge in [-0.05, 0) is 118 Å². The quantitative estimate of drug-likeness (QED) is 0.376. The molecule has 6 atom stereocenters. The second-order valence-electron chi connectivity index (χ2n) is 14.4. The largest absolute Gasteiger partial charge is 0.486 e. The fraction of sp³-hybridized carbons (Fsp3) is 0.824. The molecule has 0 aromatic rings. The van der Waals surface area contributed by atoms with Crippen LogP contribution in [0.5, 0.6) is 0 Å². The maximum Gasteiger partial charge on any atom is 0.220 e. The lowest BCUT2D eigenvalue weighted by Crippen LogP contribution is -2.50. The molecular formula is C34H50O3. The molecule has 204 valence electrons. The lowest BCUT2D eigenvalue weighted by molar-refractivity contribution is -0.127. The predicted molar refractivity (Wildman–Crippen MR) is 148 cm³/mol. The number of allylic oxidation sites excluding steroid dienone is 3. The van der Waals surface area contributed by atoms with Gasteiger partial charge in [0.1, 0.15) is 11.9 Å². The Morgan fingerprint density at radius 1 is 0.865 bits per heavy atom. The van der Waals surface area contributed by atoms with Crippen LogP contribution in [0.2, 0.25) is 0 Å². The zero-order valence-corrected chi connectivity index (χ0v) is 23.7. The van der Waals surface area contributed by atoms with Gasteiger partial charge in [0, 0.05) is 11.3 Å². The molecule has 6 rings (SSSR count). The van der Waals surface area contributed by atoms with Gasteiger partial charge in [-0.15, -0.1) is 0 Å². The SMILES string of the molecule is CC(=O)[C@H]1CC[C@H]2[C@@H]3CCC4=CC(=O)C(OC(C5CCCCC5)C5CCCCC5)=C[C@]4(C)[C@H]3CC[C@]12C. The second kappa shape index (κ2) is 9.98. The number of hydrogen-bond acceptors (Lipinski definition) is 3. The first-order chi connectivity index (χ1) is 17.8. The molecule has 5 fully saturated rings. The Bertz CT molecular complexity index is 946. The van der Waals surface area contributed by atoms with Crippen molar-refractivity contribution in [2.24, 2.45) is 46.3 Å². The van der Waals surface area contributed by atoms with Crippen molar-refractivity contribution in [2.45, 2.75) is 130 Å². The molecule has 5 saturated carbocycles. The number of carbonyl (C=O) groups is 2. The van der Waals surface area contributed by atoms with Crippen LogP contribution in [0.1, 0.15) is 124 Å². The Morgan fingerprint density at radius 3 is 2.14 bits per heavy atom. The van der Waals surface area contributed by atoms with E-state index < -0.39 is 0 Å². The normalized spacial score (nSPS) is 40.9. The van der Waals surface area contributed by atoms with E-state index in [1.165, 1.54) is 89.0 Å². The molecule has 0 radical (unpaired) electrons. The third-order valence-corrected chi connectivity index (χ3v) is 12.6. The van der Waals surface area contributed by atoms with Crippen LogP contribution < -0.4 is 0 Å². The van der Waals surface area contributed by atoms with Gasteiger partial charge in [0.2, 0.25) is 5.78 Å². The van der Waals surface area contributed by atoms with Gasteiger partial charge in [0.05, 0.1) is 0 Å². The third-order valence-electron chi connectivity index (χ3n) is 12.6. The molecule has 0 heterocycles. The van der Waals surface area contributed by atoms with Crippen LogP contribution in [0.25, 0.3) is 0 Å². The summed E-state index contributed by atoms with van der Waals surface area (Å²) in [5.74, 6) is 4.54. The summed E-state index contributed by atoms with van der Waals surface area (Å²) < 4.78 is 6.95. The van der Waals surface area contributed by atoms with Gasteiger partial charge in [0.25, 0.3) is 0 Å². The van der Waals surface area contributed by atoms with Crippen molar-refractivity contribution in [1.82, 2.24) is 0 Å². The van der Waals surface area contributed by atoms with Crippen molar-refractivity contribution in [2.75, 3.05) is 0 Å². The van der Waals surface area contributed by atoms with Crippen LogP contribution in [-0.4, -0.2) is 17.7 Å². The average molecular weight is 507 g/mol. The molecule has 0 unspecified atom stereocenters. The van der Waals surface area contributed by atoms with Crippen molar-refractivity contribution in [3.63, 3.8) is 0 Å². The number of Topliss-reactive ketones (excluding diaryl/α,β-unsaturated/α-hetero) is 1. The first-order valence-electron chi connectivity index (χ1n) is 16.0. The first-order valence-corrected chi connectivity index (χ1v) is 16.0. The van der Waals surface area contributed by atoms with Crippen LogP contribution in [0.4, 0.5) is 0 Å². The summed E-state index contributed by atoms with van der Waals surface area (Å²) in [4.78, 5) is 26.0. The van der Waals surface area contributed by atoms with Gasteiger partial charge < -0.3 is 4.74 Å². The highest BCUT2D eigenvalue weighted by Crippen LogP contribution is 2.66. The molecule has 6 aliphatic carbocycles. The minimum absolute atomic E-state index is 0.0779. The van der Waals surface area contributed by atoms with E-state index in [-0.39, 0.29) is 28.6 Å². The molecule has 0 aromatic heterocycles. The van der Waals surface area contributed by atoms with Crippen LogP contribution in [-0.2, 0) is 14.3 Å². The van der Waals surface area contributed by atoms with Gasteiger partial charge >= 0.3 is 0 Å². The number of rotatable bonds is 5. The summed E-state index contributed by atoms with van der Waals surface area (Å²) in [6, 6.07) is 0. The Balaban J connectivity index is 1.28. The van der Waals surface area contributed by atoms with Crippen LogP contribution in [0.3, 0.4) is 0 Å². The summed E-state index contributed by atoms with van der Waals surface area (Å²) in [5, 5.41) is 0. The van der Waals surface area contributed by atoms with Crippen molar-refractivity contribution < 1.29 is 14.3 Å². The molecule has 3 heteroatoms. The summed E-state index contributed by atoms with van der Waals surface area (Å²) in [6.07, 6.45) is 24.4. The topological polar surface area (TPSA) is 43.4 Å². The number of fused-ring (bicyclic) bond motifs is 5. The molecule has 0 aliphatic heterocycles. The molecule has 0 amide bonds. The van der Waals surface area contributed by atoms with Gasteiger partial charge in [0.15, 0.2) is 5.76 Å². The molecule has 0 spiro atoms. The fourth-order valence-corrected chi connectivity index (χ4v) is 10.7. The van der Waals surface area contributed by atoms with E-state index in [1.807, 2.05) is 13.0 Å². The Kier molecular flexibility index (Phi) is 6.98. The van der Waals surface area contributed by atoms with E-state index >= 15 is 0 Å². The van der Waals surface area contributed by atoms with Crippen molar-refractivity contribution in [3.05, 3.63) is 23.5 Å². The zero-order chi connectivity index (χ0) is 25.8. The van der Waals surface area contributed by atoms with Gasteiger partial charge in [-0.1, -0.05) is 57.9 Å². The maximum atomic E-state index is 13.5. The van der Waals surface area contributed by atoms with Crippen molar-refractivity contribution in [3.8, 4) is 0 Å². The summed E-state index contributed by atoms with van der Waals surface area (Å²) in [6.45, 7) is 6.66. The lowest BCUT2D eigenvalue weighted by atomic mass is 9.47. The minimum Gasteiger partial charge on any atom is -0.486 e. The summed E-state index contributed by atoms with van der Waals surface area (Å²) >= 11 is 0. The predicted octanol–water partition coefficient (Wildman–Crippen LogP) is 8.37. The lowest BCUT2D eigenvalue weighted by Gasteiger charge is -2.57. The van der Waals surface area contributed by atoms with E-state index in [9.17, 15) is 9.59 Å². The van der Waals surface area contributed by atoms with E-state index in [4.69, 9.17) is 4.74 Å². The monoisotopic (exact) mass is 506 g/mol. The molecule has 0 N–H and O–H groups in total. The fourth-order valence-electron chi connectivity index (χ4n) is 10.7. The maximum absolute atomic E-state index is 13.5. The molecule has 6 aliphatic rings. The number of hydrogen-bond donors (Lipinski definition) is 0. The van der Waals surface area contributed by atoms with Gasteiger partial charge in [-0.3, -0.25) is 9.59 Å². The third kappa shape index (κ3) is 4.39. The standard InChI is InChI=1S/C34H50O3/c1-22(35)27-16-17-28-26-15-14-25-20-30(36)31(21-34(25,3)29(26)18-19-33(27,28)2)37-32(23-10-6-4-7-11-23)24-12-8-5-9-13-24/h20-21,23-24,26-29,32H,4-19H2,1-3H3/t26-,27+,28-,29-,33+,34-/m0/s1. The highest BCUT2D eigenvalue weighted by molar-refractivity contribution is 6.04. The smallest absolute Gasteiger partial charge is 0.220 e. The Labute approximate surface area is 225 Å². The Morgan fingerprint density at radius 2 is 1.51 bits per heavy atom. The van der Waals surface area contributed by atoms with E-state index in [1.54, 1.807) is 0 Å². The van der Waals surface area contributed by atoms with Gasteiger partial charge in [-0.2, -0.15) is 0 Å². The van der Waals surface area contributed by atoms with Crippen molar-refractivity contribution in [1.29, 1.82) is 0 Å². The molecule has 0 bridgehead atoms. The minimum atomic E-state index is -0.0779. The second-order valence-corrected chi connectivity index (χ2v) is 14.4. The Hall–Kier alpha value is -1.38. The molecule has 0 saturated heterocycles. The zero-order valence-electron chi connectivity index (χ0n) is 23.7. The highest BCUT2D eigenvalue weighted by Gasteiger charge is 2.59. The van der Waals surface area contributed by atoms with Crippen LogP contribution >= 0.6 is 0 Å². The van der Waals surface area contributed by atoms with E-state index in [2.05, 4.69) is 19.9 Å². The highest BCUT2D eigenvalue weighted by atomic mass is 16.5. The average Bonchev–Trinajstić information content (AvgIpc) is 3.26. The van der Waals surface area contributed by atoms with E-state index in [0.717, 1.165) is 19.3 Å². The van der Waals surface area contributed by atoms with E-state index in [0.29, 0.717) is 41.1 Å². The summed E-state index contributed by atoms with van der Waals surface area (Å²) in [7, 11) is 0. The van der Waals surface area contributed by atoms with Crippen molar-refractivity contribution >= 4 is 11.6 Å². The van der Waals surface area contributed by atoms with Crippen LogP contribution in [0, 0.1) is 46.3 Å². The van der Waals surface area contributed by atoms with Crippen LogP contribution in [0.15, 0.2) is 23.5 Å². The molecule has 37 heavy (non-hydrogen) atoms. The number of carbonyl (C=O) groups excluding carboxylic acids is 2. The van der Waals surface area contributed by atoms with Gasteiger partial charge in [-0.25, -0.2) is 0 Å². The molecule has 0 aromatic carbocycles. The summed E-state index contributed by atoms with van der Waals surface area (Å²) in [5.41, 5.74) is 1.44. The number of ketones is 2. The molecule has 3 nitrogen and oxygen atoms in total.